The second kappa shape index (κ2) is 6.22. The van der Waals surface area contributed by atoms with Gasteiger partial charge in [-0.05, 0) is 24.3 Å². The summed E-state index contributed by atoms with van der Waals surface area (Å²) in [5.74, 6) is 3.32. The molecule has 0 bridgehead atoms. The zero-order chi connectivity index (χ0) is 14.7. The van der Waals surface area contributed by atoms with Crippen molar-refractivity contribution in [2.24, 2.45) is 10.9 Å². The fourth-order valence-corrected chi connectivity index (χ4v) is 3.45. The van der Waals surface area contributed by atoms with Crippen molar-refractivity contribution >= 4 is 34.3 Å². The first kappa shape index (κ1) is 14.0. The predicted octanol–water partition coefficient (Wildman–Crippen LogP) is 2.27. The summed E-state index contributed by atoms with van der Waals surface area (Å²) >= 11 is 1.97. The van der Waals surface area contributed by atoms with Gasteiger partial charge in [0.1, 0.15) is 5.82 Å². The van der Waals surface area contributed by atoms with Crippen molar-refractivity contribution in [2.45, 2.75) is 6.42 Å². The number of fused-ring (bicyclic) bond motifs is 1. The quantitative estimate of drug-likeness (QED) is 0.385. The lowest BCUT2D eigenvalue weighted by Crippen LogP contribution is -2.27. The zero-order valence-electron chi connectivity index (χ0n) is 11.7. The summed E-state index contributed by atoms with van der Waals surface area (Å²) in [5, 5.41) is 13.1. The van der Waals surface area contributed by atoms with Gasteiger partial charge in [-0.2, -0.15) is 11.8 Å². The van der Waals surface area contributed by atoms with Gasteiger partial charge >= 0.3 is 0 Å². The van der Waals surface area contributed by atoms with E-state index in [1.807, 2.05) is 42.1 Å². The maximum atomic E-state index is 9.02. The maximum absolute atomic E-state index is 9.02. The summed E-state index contributed by atoms with van der Waals surface area (Å²) in [6.07, 6.45) is 1.15. The molecule has 2 heterocycles. The molecule has 0 aliphatic carbocycles. The van der Waals surface area contributed by atoms with Gasteiger partial charge in [-0.15, -0.1) is 0 Å². The SMILES string of the molecule is NC(=NO)c1cc(N2CCCSCC2)nc2ccccc12. The van der Waals surface area contributed by atoms with Crippen molar-refractivity contribution in [3.05, 3.63) is 35.9 Å². The van der Waals surface area contributed by atoms with Gasteiger partial charge in [0.25, 0.3) is 0 Å². The van der Waals surface area contributed by atoms with Crippen LogP contribution < -0.4 is 10.6 Å². The van der Waals surface area contributed by atoms with Gasteiger partial charge in [-0.1, -0.05) is 23.4 Å². The molecule has 3 rings (SSSR count). The van der Waals surface area contributed by atoms with Crippen LogP contribution >= 0.6 is 11.8 Å². The Balaban J connectivity index is 2.11. The second-order valence-corrected chi connectivity index (χ2v) is 6.21. The van der Waals surface area contributed by atoms with Crippen molar-refractivity contribution in [1.29, 1.82) is 0 Å². The average molecular weight is 302 g/mol. The van der Waals surface area contributed by atoms with Crippen LogP contribution in [0.1, 0.15) is 12.0 Å². The third-order valence-corrected chi connectivity index (χ3v) is 4.68. The van der Waals surface area contributed by atoms with Crippen LogP contribution in [-0.4, -0.2) is 40.6 Å². The summed E-state index contributed by atoms with van der Waals surface area (Å²) in [6.45, 7) is 1.97. The highest BCUT2D eigenvalue weighted by molar-refractivity contribution is 7.99. The number of thioether (sulfide) groups is 1. The van der Waals surface area contributed by atoms with Crippen LogP contribution in [0.5, 0.6) is 0 Å². The van der Waals surface area contributed by atoms with E-state index >= 15 is 0 Å². The number of nitrogens with two attached hydrogens (primary N) is 1. The van der Waals surface area contributed by atoms with E-state index in [-0.39, 0.29) is 5.84 Å². The molecule has 0 amide bonds. The second-order valence-electron chi connectivity index (χ2n) is 4.98. The van der Waals surface area contributed by atoms with Crippen LogP contribution in [0, 0.1) is 0 Å². The molecule has 0 radical (unpaired) electrons. The number of hydrogen-bond donors (Lipinski definition) is 2. The van der Waals surface area contributed by atoms with Crippen LogP contribution in [0.15, 0.2) is 35.5 Å². The molecule has 21 heavy (non-hydrogen) atoms. The van der Waals surface area contributed by atoms with Crippen LogP contribution in [0.4, 0.5) is 5.82 Å². The van der Waals surface area contributed by atoms with Gasteiger partial charge in [-0.25, -0.2) is 4.98 Å². The van der Waals surface area contributed by atoms with Crippen LogP contribution in [0.2, 0.25) is 0 Å². The molecule has 110 valence electrons. The largest absolute Gasteiger partial charge is 0.409 e. The van der Waals surface area contributed by atoms with Crippen LogP contribution in [0.3, 0.4) is 0 Å². The minimum Gasteiger partial charge on any atom is -0.409 e. The average Bonchev–Trinajstić information content (AvgIpc) is 2.82. The monoisotopic (exact) mass is 302 g/mol. The van der Waals surface area contributed by atoms with Crippen LogP contribution in [-0.2, 0) is 0 Å². The molecule has 1 saturated heterocycles. The summed E-state index contributed by atoms with van der Waals surface area (Å²) < 4.78 is 0. The molecule has 1 aromatic heterocycles. The van der Waals surface area contributed by atoms with Gasteiger partial charge in [0.2, 0.25) is 0 Å². The normalized spacial score (nSPS) is 17.0. The zero-order valence-corrected chi connectivity index (χ0v) is 12.5. The summed E-state index contributed by atoms with van der Waals surface area (Å²) in [7, 11) is 0. The van der Waals surface area contributed by atoms with E-state index in [0.717, 1.165) is 47.5 Å². The highest BCUT2D eigenvalue weighted by Gasteiger charge is 2.15. The predicted molar refractivity (Wildman–Crippen MR) is 88.4 cm³/mol. The molecular weight excluding hydrogens is 284 g/mol. The topological polar surface area (TPSA) is 74.7 Å². The molecular formula is C15H18N4OS. The van der Waals surface area contributed by atoms with E-state index in [9.17, 15) is 0 Å². The highest BCUT2D eigenvalue weighted by atomic mass is 32.2. The lowest BCUT2D eigenvalue weighted by molar-refractivity contribution is 0.318. The highest BCUT2D eigenvalue weighted by Crippen LogP contribution is 2.24. The van der Waals surface area contributed by atoms with Crippen molar-refractivity contribution in [1.82, 2.24) is 4.98 Å². The smallest absolute Gasteiger partial charge is 0.170 e. The Morgan fingerprint density at radius 3 is 3.00 bits per heavy atom. The molecule has 1 aliphatic rings. The first-order valence-corrected chi connectivity index (χ1v) is 8.15. The molecule has 0 saturated carbocycles. The Labute approximate surface area is 127 Å². The third-order valence-electron chi connectivity index (χ3n) is 3.63. The number of aromatic nitrogens is 1. The molecule has 1 aliphatic heterocycles. The Bertz CT molecular complexity index is 666. The molecule has 0 unspecified atom stereocenters. The molecule has 5 nitrogen and oxygen atoms in total. The molecule has 1 fully saturated rings. The van der Waals surface area contributed by atoms with Gasteiger partial charge < -0.3 is 15.8 Å². The maximum Gasteiger partial charge on any atom is 0.170 e. The fourth-order valence-electron chi connectivity index (χ4n) is 2.56. The molecule has 1 aromatic carbocycles. The van der Waals surface area contributed by atoms with Crippen molar-refractivity contribution in [3.63, 3.8) is 0 Å². The summed E-state index contributed by atoms with van der Waals surface area (Å²) in [6, 6.07) is 9.71. The lowest BCUT2D eigenvalue weighted by Gasteiger charge is -2.22. The number of pyridine rings is 1. The number of hydrogen-bond acceptors (Lipinski definition) is 5. The first-order chi connectivity index (χ1) is 10.3. The molecule has 2 aromatic rings. The number of rotatable bonds is 2. The van der Waals surface area contributed by atoms with Gasteiger partial charge in [0.15, 0.2) is 5.84 Å². The van der Waals surface area contributed by atoms with E-state index < -0.39 is 0 Å². The Kier molecular flexibility index (Phi) is 4.15. The molecule has 6 heteroatoms. The summed E-state index contributed by atoms with van der Waals surface area (Å²) in [4.78, 5) is 7.02. The number of benzene rings is 1. The third kappa shape index (κ3) is 2.90. The molecule has 0 spiro atoms. The van der Waals surface area contributed by atoms with E-state index in [0.29, 0.717) is 0 Å². The number of anilines is 1. The van der Waals surface area contributed by atoms with E-state index in [1.165, 1.54) is 5.75 Å². The van der Waals surface area contributed by atoms with Crippen molar-refractivity contribution in [3.8, 4) is 0 Å². The number of oxime groups is 1. The molecule has 3 N–H and O–H groups in total. The van der Waals surface area contributed by atoms with E-state index in [4.69, 9.17) is 15.9 Å². The van der Waals surface area contributed by atoms with Crippen LogP contribution in [0.25, 0.3) is 10.9 Å². The van der Waals surface area contributed by atoms with Gasteiger partial charge in [0.05, 0.1) is 5.52 Å². The van der Waals surface area contributed by atoms with E-state index in [1.54, 1.807) is 0 Å². The fraction of sp³-hybridized carbons (Fsp3) is 0.333. The Hall–Kier alpha value is -1.95. The first-order valence-electron chi connectivity index (χ1n) is 7.00. The Morgan fingerprint density at radius 1 is 1.29 bits per heavy atom. The minimum absolute atomic E-state index is 0.124. The standard InChI is InChI=1S/C15H18N4OS/c16-15(18-20)12-10-14(19-6-3-8-21-9-7-19)17-13-5-2-1-4-11(12)13/h1-2,4-5,10,20H,3,6-9H2,(H2,16,18). The molecule has 0 atom stereocenters. The van der Waals surface area contributed by atoms with Gasteiger partial charge in [0, 0.05) is 29.8 Å². The lowest BCUT2D eigenvalue weighted by atomic mass is 10.1. The Morgan fingerprint density at radius 2 is 2.14 bits per heavy atom. The van der Waals surface area contributed by atoms with Crippen molar-refractivity contribution < 1.29 is 5.21 Å². The number of para-hydroxylation sites is 1. The minimum atomic E-state index is 0.124. The van der Waals surface area contributed by atoms with E-state index in [2.05, 4.69) is 10.1 Å². The number of amidine groups is 1. The summed E-state index contributed by atoms with van der Waals surface area (Å²) in [5.41, 5.74) is 7.44. The van der Waals surface area contributed by atoms with Gasteiger partial charge in [-0.3, -0.25) is 0 Å². The number of nitrogens with zero attached hydrogens (tertiary/aromatic N) is 3. The van der Waals surface area contributed by atoms with Crippen molar-refractivity contribution in [2.75, 3.05) is 29.5 Å².